The van der Waals surface area contributed by atoms with Crippen LogP contribution in [0.4, 0.5) is 22.7 Å². The van der Waals surface area contributed by atoms with Crippen molar-refractivity contribution in [3.8, 4) is 0 Å². The van der Waals surface area contributed by atoms with Gasteiger partial charge in [0, 0.05) is 21.5 Å². The summed E-state index contributed by atoms with van der Waals surface area (Å²) in [6.45, 7) is 0. The molecular weight excluding hydrogens is 877 g/mol. The van der Waals surface area contributed by atoms with E-state index in [1.165, 1.54) is 0 Å². The minimum Gasteiger partial charge on any atom is -0.282 e. The maximum absolute atomic E-state index is 12.9. The summed E-state index contributed by atoms with van der Waals surface area (Å²) in [5.41, 5.74) is -3.77. The van der Waals surface area contributed by atoms with Crippen molar-refractivity contribution in [1.29, 1.82) is 0 Å². The number of carbonyl (C=O) groups is 2. The van der Waals surface area contributed by atoms with Gasteiger partial charge in [-0.1, -0.05) is 54.6 Å². The highest BCUT2D eigenvalue weighted by molar-refractivity contribution is 7.91. The molecule has 0 heterocycles. The SMILES string of the molecule is O=CN(c1cccc(N(C=O)c2c(S(=O)(=O)O)c(S(=O)(=O)O)c(S(=O)(=O)O)c3ccccc23)c1)c1c(S(=O)(=O)O)c(S(=O)(=O)O)c(S(=O)(=O)O)c2ccccc12. The molecule has 0 saturated carbocycles. The molecule has 0 bridgehead atoms. The highest BCUT2D eigenvalue weighted by Crippen LogP contribution is 2.48. The summed E-state index contributed by atoms with van der Waals surface area (Å²) in [6, 6.07) is 11.2. The van der Waals surface area contributed by atoms with Crippen LogP contribution in [-0.4, -0.2) is 90.6 Å². The Morgan fingerprint density at radius 2 is 0.625 bits per heavy atom. The van der Waals surface area contributed by atoms with E-state index in [-0.39, 0.29) is 22.6 Å². The summed E-state index contributed by atoms with van der Waals surface area (Å²) in [5, 5.41) is -3.10. The lowest BCUT2D eigenvalue weighted by Gasteiger charge is -2.27. The van der Waals surface area contributed by atoms with E-state index >= 15 is 0 Å². The first kappa shape index (κ1) is 42.2. The van der Waals surface area contributed by atoms with Crippen molar-refractivity contribution in [2.24, 2.45) is 0 Å². The molecule has 0 aromatic heterocycles. The van der Waals surface area contributed by atoms with E-state index < -0.39 is 134 Å². The van der Waals surface area contributed by atoms with Gasteiger partial charge in [-0.3, -0.25) is 46.7 Å². The van der Waals surface area contributed by atoms with E-state index in [2.05, 4.69) is 0 Å². The third-order valence-electron chi connectivity index (χ3n) is 7.74. The number of fused-ring (bicyclic) bond motifs is 2. The normalized spacial score (nSPS) is 13.1. The van der Waals surface area contributed by atoms with Crippen molar-refractivity contribution in [2.45, 2.75) is 29.4 Å². The lowest BCUT2D eigenvalue weighted by atomic mass is 10.1. The van der Waals surface area contributed by atoms with Gasteiger partial charge >= 0.3 is 0 Å². The van der Waals surface area contributed by atoms with E-state index in [1.807, 2.05) is 0 Å². The summed E-state index contributed by atoms with van der Waals surface area (Å²) in [6.07, 6.45) is -0.504. The zero-order valence-electron chi connectivity index (χ0n) is 26.8. The zero-order valence-corrected chi connectivity index (χ0v) is 31.7. The Kier molecular flexibility index (Phi) is 10.5. The van der Waals surface area contributed by atoms with Crippen LogP contribution in [0, 0.1) is 0 Å². The number of carbonyl (C=O) groups excluding carboxylic acids is 2. The third-order valence-corrected chi connectivity index (χ3v) is 13.8. The molecule has 0 aliphatic rings. The highest BCUT2D eigenvalue weighted by atomic mass is 32.2. The summed E-state index contributed by atoms with van der Waals surface area (Å²) in [4.78, 5) is 14.4. The molecule has 0 aliphatic carbocycles. The van der Waals surface area contributed by atoms with Gasteiger partial charge in [0.1, 0.15) is 29.4 Å². The first-order valence-corrected chi connectivity index (χ1v) is 22.8. The fraction of sp³-hybridized carbons (Fsp3) is 0. The number of amides is 2. The van der Waals surface area contributed by atoms with Gasteiger partial charge in [-0.2, -0.15) is 50.5 Å². The van der Waals surface area contributed by atoms with Gasteiger partial charge in [-0.05, 0) is 18.2 Å². The predicted molar refractivity (Wildman–Crippen MR) is 190 cm³/mol. The van der Waals surface area contributed by atoms with Crippen molar-refractivity contribution in [3.05, 3.63) is 72.8 Å². The second-order valence-electron chi connectivity index (χ2n) is 11.1. The molecule has 5 rings (SSSR count). The standard InChI is InChI=1S/C28H20N2O20S6/c31-13-29(21-17-8-1-3-10-19(17)23(51(33,34)35)27(55(45,46)47)25(21)53(39,40)41)15-6-5-7-16(12-15)30(14-32)22-18-9-2-4-11-20(18)24(52(36,37)38)28(56(48,49)50)26(22)54(42,43)44/h1-14H,(H,33,34,35)(H,36,37,38)(H,39,40,41)(H,42,43,44)(H,45,46,47)(H,48,49,50). The number of rotatable bonds is 12. The van der Waals surface area contributed by atoms with Crippen molar-refractivity contribution >= 4 is 118 Å². The maximum atomic E-state index is 12.9. The molecule has 56 heavy (non-hydrogen) atoms. The van der Waals surface area contributed by atoms with Gasteiger partial charge in [0.05, 0.1) is 22.7 Å². The lowest BCUT2D eigenvalue weighted by Crippen LogP contribution is -2.24. The first-order valence-electron chi connectivity index (χ1n) is 14.2. The van der Waals surface area contributed by atoms with Crippen LogP contribution in [0.3, 0.4) is 0 Å². The van der Waals surface area contributed by atoms with Crippen LogP contribution in [0.15, 0.2) is 102 Å². The van der Waals surface area contributed by atoms with Crippen LogP contribution in [0.1, 0.15) is 0 Å². The fourth-order valence-electron chi connectivity index (χ4n) is 5.90. The molecule has 6 N–H and O–H groups in total. The monoisotopic (exact) mass is 896 g/mol. The highest BCUT2D eigenvalue weighted by Gasteiger charge is 2.41. The van der Waals surface area contributed by atoms with Crippen molar-refractivity contribution in [2.75, 3.05) is 9.80 Å². The van der Waals surface area contributed by atoms with E-state index in [0.717, 1.165) is 66.7 Å². The molecule has 0 spiro atoms. The molecular formula is C28H20N2O20S6. The Morgan fingerprint density at radius 1 is 0.357 bits per heavy atom. The Hall–Kier alpha value is -4.98. The smallest absolute Gasteiger partial charge is 0.282 e. The molecule has 0 atom stereocenters. The predicted octanol–water partition coefficient (Wildman–Crippen LogP) is 2.06. The Balaban J connectivity index is 1.98. The van der Waals surface area contributed by atoms with Gasteiger partial charge in [0.15, 0.2) is 0 Å². The molecule has 0 unspecified atom stereocenters. The number of hydrogen-bond donors (Lipinski definition) is 6. The molecule has 298 valence electrons. The first-order chi connectivity index (χ1) is 25.6. The number of hydrogen-bond acceptors (Lipinski definition) is 14. The third kappa shape index (κ3) is 7.47. The van der Waals surface area contributed by atoms with Crippen LogP contribution in [-0.2, 0) is 70.3 Å². The maximum Gasteiger partial charge on any atom is 0.298 e. The zero-order chi connectivity index (χ0) is 42.1. The van der Waals surface area contributed by atoms with Gasteiger partial charge in [-0.15, -0.1) is 0 Å². The molecule has 0 fully saturated rings. The Morgan fingerprint density at radius 3 is 0.875 bits per heavy atom. The summed E-state index contributed by atoms with van der Waals surface area (Å²) in [5.74, 6) is 0. The molecule has 0 saturated heterocycles. The number of anilines is 4. The summed E-state index contributed by atoms with van der Waals surface area (Å²) < 4.78 is 213. The van der Waals surface area contributed by atoms with Crippen LogP contribution in [0.25, 0.3) is 21.5 Å². The van der Waals surface area contributed by atoms with Crippen LogP contribution >= 0.6 is 0 Å². The quantitative estimate of drug-likeness (QED) is 0.0771. The van der Waals surface area contributed by atoms with Crippen molar-refractivity contribution in [3.63, 3.8) is 0 Å². The van der Waals surface area contributed by atoms with Crippen LogP contribution in [0.5, 0.6) is 0 Å². The van der Waals surface area contributed by atoms with Gasteiger partial charge in [0.2, 0.25) is 12.8 Å². The number of nitrogens with zero attached hydrogens (tertiary/aromatic N) is 2. The minimum absolute atomic E-state index is 0.215. The average molecular weight is 897 g/mol. The Labute approximate surface area is 315 Å². The van der Waals surface area contributed by atoms with Crippen LogP contribution in [0.2, 0.25) is 0 Å². The van der Waals surface area contributed by atoms with Crippen molar-refractivity contribution < 1.29 is 87.4 Å². The van der Waals surface area contributed by atoms with E-state index in [0.29, 0.717) is 6.07 Å². The molecule has 5 aromatic rings. The summed E-state index contributed by atoms with van der Waals surface area (Å²) >= 11 is 0. The largest absolute Gasteiger partial charge is 0.298 e. The summed E-state index contributed by atoms with van der Waals surface area (Å²) in [7, 11) is -35.9. The van der Waals surface area contributed by atoms with Gasteiger partial charge in [-0.25, -0.2) is 0 Å². The molecule has 28 heteroatoms. The van der Waals surface area contributed by atoms with E-state index in [4.69, 9.17) is 0 Å². The molecule has 2 amide bonds. The molecule has 5 aromatic carbocycles. The molecule has 22 nitrogen and oxygen atoms in total. The average Bonchev–Trinajstić information content (AvgIpc) is 3.05. The van der Waals surface area contributed by atoms with Gasteiger partial charge in [0.25, 0.3) is 60.7 Å². The molecule has 0 radical (unpaired) electrons. The second kappa shape index (κ2) is 13.9. The van der Waals surface area contributed by atoms with Crippen LogP contribution < -0.4 is 9.80 Å². The topological polar surface area (TPSA) is 367 Å². The van der Waals surface area contributed by atoms with Gasteiger partial charge < -0.3 is 0 Å². The van der Waals surface area contributed by atoms with E-state index in [9.17, 15) is 87.4 Å². The Bertz CT molecular complexity index is 3030. The molecule has 0 aliphatic heterocycles. The van der Waals surface area contributed by atoms with E-state index in [1.54, 1.807) is 0 Å². The second-order valence-corrected chi connectivity index (χ2v) is 19.2. The fourth-order valence-corrected chi connectivity index (χ4v) is 13.1. The minimum atomic E-state index is -6.09. The number of benzene rings is 5. The van der Waals surface area contributed by atoms with Crippen molar-refractivity contribution in [1.82, 2.24) is 0 Å². The lowest BCUT2D eigenvalue weighted by molar-refractivity contribution is -0.107.